The maximum Gasteiger partial charge on any atom is 0.339 e. The summed E-state index contributed by atoms with van der Waals surface area (Å²) in [6.07, 6.45) is 4.17. The Kier molecular flexibility index (Phi) is 4.92. The molecule has 0 spiro atoms. The van der Waals surface area contributed by atoms with Crippen molar-refractivity contribution in [1.29, 1.82) is 5.26 Å². The fourth-order valence-corrected chi connectivity index (χ4v) is 3.81. The van der Waals surface area contributed by atoms with E-state index in [1.807, 2.05) is 11.4 Å². The van der Waals surface area contributed by atoms with Gasteiger partial charge in [0, 0.05) is 15.9 Å². The van der Waals surface area contributed by atoms with E-state index in [1.54, 1.807) is 35.6 Å². The number of carbonyl (C=O) groups excluding carboxylic acids is 2. The van der Waals surface area contributed by atoms with Crippen molar-refractivity contribution >= 4 is 28.9 Å². The molecule has 0 bridgehead atoms. The van der Waals surface area contributed by atoms with Crippen LogP contribution in [-0.2, 0) is 22.4 Å². The smallest absolute Gasteiger partial charge is 0.339 e. The minimum atomic E-state index is -0.440. The van der Waals surface area contributed by atoms with Gasteiger partial charge in [-0.1, -0.05) is 0 Å². The van der Waals surface area contributed by atoms with Gasteiger partial charge < -0.3 is 10.1 Å². The number of ether oxygens (including phenoxy) is 1. The molecule has 0 aliphatic heterocycles. The van der Waals surface area contributed by atoms with E-state index >= 15 is 0 Å². The summed E-state index contributed by atoms with van der Waals surface area (Å²) >= 11 is 1.59. The first-order chi connectivity index (χ1) is 11.7. The van der Waals surface area contributed by atoms with Crippen molar-refractivity contribution in [3.8, 4) is 6.07 Å². The molecule has 5 nitrogen and oxygen atoms in total. The average Bonchev–Trinajstić information content (AvgIpc) is 3.04. The Morgan fingerprint density at radius 2 is 1.96 bits per heavy atom. The number of thiophene rings is 1. The van der Waals surface area contributed by atoms with Crippen LogP contribution in [-0.4, -0.2) is 18.5 Å². The maximum absolute atomic E-state index is 12.2. The van der Waals surface area contributed by atoms with Gasteiger partial charge in [-0.25, -0.2) is 4.79 Å². The number of anilines is 1. The summed E-state index contributed by atoms with van der Waals surface area (Å²) in [4.78, 5) is 25.3. The number of rotatable bonds is 4. The molecule has 0 saturated carbocycles. The van der Waals surface area contributed by atoms with E-state index < -0.39 is 11.9 Å². The molecule has 0 unspecified atom stereocenters. The zero-order valence-electron chi connectivity index (χ0n) is 13.0. The third-order valence-corrected chi connectivity index (χ3v) is 5.00. The number of fused-ring (bicyclic) bond motifs is 1. The molecule has 1 aromatic heterocycles. The monoisotopic (exact) mass is 340 g/mol. The molecule has 1 amide bonds. The molecular formula is C18H16N2O3S. The predicted octanol–water partition coefficient (Wildman–Crippen LogP) is 3.29. The summed E-state index contributed by atoms with van der Waals surface area (Å²) in [5.74, 6) is -0.846. The molecule has 3 rings (SSSR count). The van der Waals surface area contributed by atoms with Crippen LogP contribution in [0.3, 0.4) is 0 Å². The minimum absolute atomic E-state index is 0.330. The van der Waals surface area contributed by atoms with E-state index in [2.05, 4.69) is 5.32 Å². The highest BCUT2D eigenvalue weighted by Gasteiger charge is 2.21. The second kappa shape index (κ2) is 7.28. The van der Waals surface area contributed by atoms with E-state index in [-0.39, 0.29) is 6.61 Å². The molecule has 1 N–H and O–H groups in total. The van der Waals surface area contributed by atoms with Crippen molar-refractivity contribution in [3.63, 3.8) is 0 Å². The van der Waals surface area contributed by atoms with E-state index in [9.17, 15) is 9.59 Å². The SMILES string of the molecule is N#Cc1ccc(NC(=O)COC(=O)c2csc3c2CCCC3)cc1. The minimum Gasteiger partial charge on any atom is -0.452 e. The quantitative estimate of drug-likeness (QED) is 0.866. The summed E-state index contributed by atoms with van der Waals surface area (Å²) in [6.45, 7) is -0.330. The van der Waals surface area contributed by atoms with Crippen LogP contribution >= 0.6 is 11.3 Å². The van der Waals surface area contributed by atoms with Crippen molar-refractivity contribution in [2.24, 2.45) is 0 Å². The van der Waals surface area contributed by atoms with Crippen LogP contribution in [0.1, 0.15) is 39.2 Å². The molecule has 0 saturated heterocycles. The molecule has 2 aromatic rings. The molecule has 1 aromatic carbocycles. The van der Waals surface area contributed by atoms with E-state index in [4.69, 9.17) is 10.00 Å². The van der Waals surface area contributed by atoms with Gasteiger partial charge >= 0.3 is 5.97 Å². The van der Waals surface area contributed by atoms with Crippen LogP contribution in [0.25, 0.3) is 0 Å². The summed E-state index contributed by atoms with van der Waals surface area (Å²) in [7, 11) is 0. The lowest BCUT2D eigenvalue weighted by molar-refractivity contribution is -0.119. The zero-order valence-corrected chi connectivity index (χ0v) is 13.8. The zero-order chi connectivity index (χ0) is 16.9. The van der Waals surface area contributed by atoms with Crippen molar-refractivity contribution in [3.05, 3.63) is 51.2 Å². The number of nitriles is 1. The number of carbonyl (C=O) groups is 2. The average molecular weight is 340 g/mol. The van der Waals surface area contributed by atoms with Crippen LogP contribution in [0.4, 0.5) is 5.69 Å². The lowest BCUT2D eigenvalue weighted by Crippen LogP contribution is -2.21. The summed E-state index contributed by atoms with van der Waals surface area (Å²) in [5.41, 5.74) is 2.76. The molecule has 1 aliphatic carbocycles. The topological polar surface area (TPSA) is 79.2 Å². The molecule has 6 heteroatoms. The Morgan fingerprint density at radius 3 is 2.71 bits per heavy atom. The standard InChI is InChI=1S/C18H16N2O3S/c19-9-12-5-7-13(8-6-12)20-17(21)10-23-18(22)15-11-24-16-4-2-1-3-14(15)16/h5-8,11H,1-4,10H2,(H,20,21). The molecule has 0 radical (unpaired) electrons. The number of nitrogens with one attached hydrogen (secondary N) is 1. The molecule has 0 atom stereocenters. The fourth-order valence-electron chi connectivity index (χ4n) is 2.70. The molecular weight excluding hydrogens is 324 g/mol. The third-order valence-electron chi connectivity index (χ3n) is 3.91. The Hall–Kier alpha value is -2.65. The van der Waals surface area contributed by atoms with Crippen LogP contribution in [0.5, 0.6) is 0 Å². The van der Waals surface area contributed by atoms with E-state index in [1.165, 1.54) is 4.88 Å². The largest absolute Gasteiger partial charge is 0.452 e. The lowest BCUT2D eigenvalue weighted by Gasteiger charge is -2.12. The van der Waals surface area contributed by atoms with Crippen LogP contribution in [0.2, 0.25) is 0 Å². The number of hydrogen-bond donors (Lipinski definition) is 1. The molecule has 0 fully saturated rings. The number of amides is 1. The van der Waals surface area contributed by atoms with Crippen LogP contribution in [0, 0.1) is 11.3 Å². The molecule has 122 valence electrons. The number of benzene rings is 1. The Balaban J connectivity index is 1.55. The first kappa shape index (κ1) is 16.2. The molecule has 1 aliphatic rings. The molecule has 24 heavy (non-hydrogen) atoms. The van der Waals surface area contributed by atoms with Crippen molar-refractivity contribution in [2.45, 2.75) is 25.7 Å². The first-order valence-electron chi connectivity index (χ1n) is 7.74. The Bertz CT molecular complexity index is 803. The maximum atomic E-state index is 12.2. The highest BCUT2D eigenvalue weighted by molar-refractivity contribution is 7.10. The van der Waals surface area contributed by atoms with Gasteiger partial charge in [0.2, 0.25) is 0 Å². The third kappa shape index (κ3) is 3.63. The predicted molar refractivity (Wildman–Crippen MR) is 91.0 cm³/mol. The normalized spacial score (nSPS) is 12.8. The fraction of sp³-hybridized carbons (Fsp3) is 0.278. The second-order valence-corrected chi connectivity index (χ2v) is 6.54. The van der Waals surface area contributed by atoms with Gasteiger partial charge in [0.25, 0.3) is 5.91 Å². The van der Waals surface area contributed by atoms with Crippen LogP contribution in [0.15, 0.2) is 29.6 Å². The van der Waals surface area contributed by atoms with Crippen LogP contribution < -0.4 is 5.32 Å². The highest BCUT2D eigenvalue weighted by atomic mass is 32.1. The summed E-state index contributed by atoms with van der Waals surface area (Å²) in [6, 6.07) is 8.49. The Morgan fingerprint density at radius 1 is 1.21 bits per heavy atom. The van der Waals surface area contributed by atoms with E-state index in [0.717, 1.165) is 31.2 Å². The van der Waals surface area contributed by atoms with Gasteiger partial charge in [0.1, 0.15) is 0 Å². The number of nitrogens with zero attached hydrogens (tertiary/aromatic N) is 1. The second-order valence-electron chi connectivity index (χ2n) is 5.57. The van der Waals surface area contributed by atoms with Gasteiger partial charge in [-0.05, 0) is 55.5 Å². The Labute approximate surface area is 143 Å². The lowest BCUT2D eigenvalue weighted by atomic mass is 9.96. The van der Waals surface area contributed by atoms with Crippen molar-refractivity contribution in [2.75, 3.05) is 11.9 Å². The van der Waals surface area contributed by atoms with Gasteiger partial charge in [-0.15, -0.1) is 11.3 Å². The highest BCUT2D eigenvalue weighted by Crippen LogP contribution is 2.30. The van der Waals surface area contributed by atoms with Crippen molar-refractivity contribution < 1.29 is 14.3 Å². The number of hydrogen-bond acceptors (Lipinski definition) is 5. The molecule has 1 heterocycles. The number of esters is 1. The first-order valence-corrected chi connectivity index (χ1v) is 8.61. The van der Waals surface area contributed by atoms with Gasteiger partial charge in [0.15, 0.2) is 6.61 Å². The number of aryl methyl sites for hydroxylation is 1. The summed E-state index contributed by atoms with van der Waals surface area (Å²) in [5, 5.41) is 13.2. The van der Waals surface area contributed by atoms with Gasteiger partial charge in [-0.3, -0.25) is 4.79 Å². The van der Waals surface area contributed by atoms with Gasteiger partial charge in [-0.2, -0.15) is 5.26 Å². The van der Waals surface area contributed by atoms with Gasteiger partial charge in [0.05, 0.1) is 17.2 Å². The van der Waals surface area contributed by atoms with E-state index in [0.29, 0.717) is 16.8 Å². The summed E-state index contributed by atoms with van der Waals surface area (Å²) < 4.78 is 5.13. The van der Waals surface area contributed by atoms with Crippen molar-refractivity contribution in [1.82, 2.24) is 0 Å².